The van der Waals surface area contributed by atoms with Crippen LogP contribution in [0.15, 0.2) is 152 Å². The zero-order chi connectivity index (χ0) is 33.4. The van der Waals surface area contributed by atoms with E-state index in [4.69, 9.17) is 0 Å². The largest absolute Gasteiger partial charge is 0.381 e. The quantitative estimate of drug-likeness (QED) is 0.200. The summed E-state index contributed by atoms with van der Waals surface area (Å²) in [7, 11) is 0. The average Bonchev–Trinajstić information content (AvgIpc) is 3.63. The molecule has 3 heteroatoms. The molecule has 0 fully saturated rings. The molecule has 1 aliphatic carbocycles. The van der Waals surface area contributed by atoms with Gasteiger partial charge < -0.3 is 15.2 Å². The third kappa shape index (κ3) is 4.29. The van der Waals surface area contributed by atoms with Crippen LogP contribution >= 0.6 is 0 Å². The molecule has 10 rings (SSSR count). The summed E-state index contributed by atoms with van der Waals surface area (Å²) >= 11 is 0. The zero-order valence-corrected chi connectivity index (χ0v) is 28.2. The lowest BCUT2D eigenvalue weighted by Gasteiger charge is -2.23. The molecule has 1 aromatic heterocycles. The molecule has 0 amide bonds. The topological polar surface area (TPSA) is 29.0 Å². The number of nitrogens with one attached hydrogen (secondary N) is 2. The monoisotopic (exact) mass is 643 g/mol. The Bertz CT molecular complexity index is 2600. The zero-order valence-electron chi connectivity index (χ0n) is 28.2. The van der Waals surface area contributed by atoms with Crippen molar-refractivity contribution in [1.29, 1.82) is 0 Å². The van der Waals surface area contributed by atoms with E-state index in [-0.39, 0.29) is 11.5 Å². The summed E-state index contributed by atoms with van der Waals surface area (Å²) in [5, 5.41) is 9.87. The van der Waals surface area contributed by atoms with Gasteiger partial charge in [0.05, 0.1) is 17.1 Å². The number of rotatable bonds is 4. The summed E-state index contributed by atoms with van der Waals surface area (Å²) in [6, 6.07) is 45.4. The summed E-state index contributed by atoms with van der Waals surface area (Å²) in [4.78, 5) is 0. The highest BCUT2D eigenvalue weighted by molar-refractivity contribution is 6.15. The molecule has 2 N–H and O–H groups in total. The minimum absolute atomic E-state index is 0.0948. The van der Waals surface area contributed by atoms with E-state index in [9.17, 15) is 0 Å². The van der Waals surface area contributed by atoms with Crippen LogP contribution in [0.3, 0.4) is 0 Å². The fourth-order valence-corrected chi connectivity index (χ4v) is 8.72. The first kappa shape index (κ1) is 28.9. The second-order valence-corrected chi connectivity index (χ2v) is 14.2. The summed E-state index contributed by atoms with van der Waals surface area (Å²) < 4.78 is 2.45. The van der Waals surface area contributed by atoms with E-state index in [1.807, 2.05) is 6.20 Å². The third-order valence-corrected chi connectivity index (χ3v) is 11.0. The van der Waals surface area contributed by atoms with Crippen molar-refractivity contribution in [2.24, 2.45) is 0 Å². The smallest absolute Gasteiger partial charge is 0.0696 e. The SMILES string of the molecule is CC1(C)c2ccccc2-c2ccc3c(c21)c1cc(-c2cc(-c4cccc5c4NCC=C5)cc(C4C=CC=CN4)c2)ccc1n3-c1ccccc1. The maximum atomic E-state index is 3.66. The lowest BCUT2D eigenvalue weighted by Crippen LogP contribution is -2.15. The number of hydrogen-bond donors (Lipinski definition) is 2. The van der Waals surface area contributed by atoms with Gasteiger partial charge >= 0.3 is 0 Å². The van der Waals surface area contributed by atoms with Crippen molar-refractivity contribution in [3.8, 4) is 39.1 Å². The van der Waals surface area contributed by atoms with Crippen LogP contribution in [-0.2, 0) is 5.41 Å². The molecule has 2 aliphatic heterocycles. The van der Waals surface area contributed by atoms with Crippen molar-refractivity contribution in [3.63, 3.8) is 0 Å². The lowest BCUT2D eigenvalue weighted by atomic mass is 9.80. The van der Waals surface area contributed by atoms with Gasteiger partial charge in [0.2, 0.25) is 0 Å². The van der Waals surface area contributed by atoms with E-state index in [0.29, 0.717) is 0 Å². The van der Waals surface area contributed by atoms with E-state index in [1.165, 1.54) is 88.8 Å². The van der Waals surface area contributed by atoms with Gasteiger partial charge in [-0.25, -0.2) is 0 Å². The van der Waals surface area contributed by atoms with Gasteiger partial charge in [-0.2, -0.15) is 0 Å². The van der Waals surface area contributed by atoms with E-state index in [1.54, 1.807) is 0 Å². The molecule has 50 heavy (non-hydrogen) atoms. The van der Waals surface area contributed by atoms with Crippen molar-refractivity contribution >= 4 is 33.6 Å². The second-order valence-electron chi connectivity index (χ2n) is 14.2. The number of aromatic nitrogens is 1. The van der Waals surface area contributed by atoms with E-state index in [0.717, 1.165) is 6.54 Å². The highest BCUT2D eigenvalue weighted by Crippen LogP contribution is 2.53. The standard InChI is InChI=1S/C47H37N3/c1-47(2)40-18-7-6-16-37(40)38-21-23-43-44(45(38)47)39-29-31(20-22-42(39)50(43)35-14-4-3-5-15-35)32-26-33(28-34(27-32)41-19-8-9-24-48-41)36-17-10-12-30-13-11-25-49-46(30)36/h3-24,26-29,41,48-49H,25H2,1-2H3. The molecule has 3 nitrogen and oxygen atoms in total. The van der Waals surface area contributed by atoms with Crippen molar-refractivity contribution in [1.82, 2.24) is 9.88 Å². The molecule has 7 aromatic rings. The molecule has 0 radical (unpaired) electrons. The molecule has 6 aromatic carbocycles. The van der Waals surface area contributed by atoms with Crippen molar-refractivity contribution in [2.75, 3.05) is 11.9 Å². The first-order valence-corrected chi connectivity index (χ1v) is 17.6. The number of dihydropyridines is 1. The Morgan fingerprint density at radius 1 is 0.680 bits per heavy atom. The fraction of sp³-hybridized carbons (Fsp3) is 0.106. The first-order chi connectivity index (χ1) is 24.6. The van der Waals surface area contributed by atoms with Gasteiger partial charge in [0.15, 0.2) is 0 Å². The number of allylic oxidation sites excluding steroid dienone is 2. The molecule has 1 atom stereocenters. The second kappa shape index (κ2) is 11.0. The molecule has 1 unspecified atom stereocenters. The van der Waals surface area contributed by atoms with Gasteiger partial charge in [-0.1, -0.05) is 111 Å². The van der Waals surface area contributed by atoms with Gasteiger partial charge in [-0.15, -0.1) is 0 Å². The number of anilines is 1. The highest BCUT2D eigenvalue weighted by Gasteiger charge is 2.38. The Labute approximate surface area is 292 Å². The molecule has 0 bridgehead atoms. The Morgan fingerprint density at radius 3 is 2.38 bits per heavy atom. The van der Waals surface area contributed by atoms with Gasteiger partial charge in [0, 0.05) is 39.7 Å². The summed E-state index contributed by atoms with van der Waals surface area (Å²) in [6.07, 6.45) is 12.9. The third-order valence-electron chi connectivity index (χ3n) is 11.0. The number of nitrogens with zero attached hydrogens (tertiary/aromatic N) is 1. The van der Waals surface area contributed by atoms with Crippen molar-refractivity contribution < 1.29 is 0 Å². The minimum atomic E-state index is -0.134. The first-order valence-electron chi connectivity index (χ1n) is 17.6. The van der Waals surface area contributed by atoms with Crippen LogP contribution in [0.1, 0.15) is 42.1 Å². The number of hydrogen-bond acceptors (Lipinski definition) is 2. The Hall–Kier alpha value is -6.06. The van der Waals surface area contributed by atoms with Crippen LogP contribution in [0.4, 0.5) is 5.69 Å². The number of fused-ring (bicyclic) bond motifs is 8. The highest BCUT2D eigenvalue weighted by atomic mass is 15.0. The maximum absolute atomic E-state index is 3.66. The van der Waals surface area contributed by atoms with Crippen LogP contribution in [0, 0.1) is 0 Å². The molecule has 3 aliphatic rings. The van der Waals surface area contributed by atoms with Gasteiger partial charge in [-0.3, -0.25) is 0 Å². The maximum Gasteiger partial charge on any atom is 0.0696 e. The minimum Gasteiger partial charge on any atom is -0.381 e. The normalized spacial score (nSPS) is 16.6. The molecular weight excluding hydrogens is 607 g/mol. The van der Waals surface area contributed by atoms with Gasteiger partial charge in [0.25, 0.3) is 0 Å². The molecule has 0 spiro atoms. The Morgan fingerprint density at radius 2 is 1.50 bits per heavy atom. The Kier molecular flexibility index (Phi) is 6.35. The van der Waals surface area contributed by atoms with Crippen LogP contribution in [-0.4, -0.2) is 11.1 Å². The van der Waals surface area contributed by atoms with Crippen LogP contribution < -0.4 is 10.6 Å². The molecular formula is C47H37N3. The van der Waals surface area contributed by atoms with Crippen molar-refractivity contribution in [3.05, 3.63) is 174 Å². The van der Waals surface area contributed by atoms with E-state index >= 15 is 0 Å². The number of benzene rings is 6. The summed E-state index contributed by atoms with van der Waals surface area (Å²) in [5.41, 5.74) is 17.6. The molecule has 3 heterocycles. The number of para-hydroxylation sites is 2. The van der Waals surface area contributed by atoms with Gasteiger partial charge in [0.1, 0.15) is 0 Å². The average molecular weight is 644 g/mol. The molecule has 240 valence electrons. The van der Waals surface area contributed by atoms with E-state index < -0.39 is 0 Å². The van der Waals surface area contributed by atoms with Crippen LogP contribution in [0.25, 0.3) is 66.9 Å². The summed E-state index contributed by atoms with van der Waals surface area (Å²) in [6.45, 7) is 5.62. The molecule has 0 saturated heterocycles. The predicted octanol–water partition coefficient (Wildman–Crippen LogP) is 11.6. The Balaban J connectivity index is 1.25. The summed E-state index contributed by atoms with van der Waals surface area (Å²) in [5.74, 6) is 0. The molecule has 0 saturated carbocycles. The van der Waals surface area contributed by atoms with E-state index in [2.05, 4.69) is 181 Å². The van der Waals surface area contributed by atoms with Gasteiger partial charge in [-0.05, 0) is 111 Å². The van der Waals surface area contributed by atoms with Crippen molar-refractivity contribution in [2.45, 2.75) is 25.3 Å². The fourth-order valence-electron chi connectivity index (χ4n) is 8.72. The predicted molar refractivity (Wildman–Crippen MR) is 211 cm³/mol. The van der Waals surface area contributed by atoms with Crippen LogP contribution in [0.2, 0.25) is 0 Å². The van der Waals surface area contributed by atoms with Crippen LogP contribution in [0.5, 0.6) is 0 Å². The lowest BCUT2D eigenvalue weighted by molar-refractivity contribution is 0.666.